The Morgan fingerprint density at radius 3 is 2.49 bits per heavy atom. The second kappa shape index (κ2) is 14.0. The molecule has 230 valence electrons. The highest BCUT2D eigenvalue weighted by atomic mass is 32.2. The van der Waals surface area contributed by atoms with Crippen LogP contribution in [0.3, 0.4) is 0 Å². The van der Waals surface area contributed by atoms with E-state index < -0.39 is 22.2 Å². The first-order valence-electron chi connectivity index (χ1n) is 14.2. The van der Waals surface area contributed by atoms with Crippen LogP contribution in [0.4, 0.5) is 5.69 Å². The van der Waals surface area contributed by atoms with Gasteiger partial charge in [-0.3, -0.25) is 4.79 Å². The van der Waals surface area contributed by atoms with Gasteiger partial charge in [-0.1, -0.05) is 12.1 Å². The molecule has 0 radical (unpaired) electrons. The molecule has 2 heterocycles. The first-order valence-corrected chi connectivity index (χ1v) is 15.6. The average molecular weight is 595 g/mol. The van der Waals surface area contributed by atoms with Gasteiger partial charge < -0.3 is 28.9 Å². The summed E-state index contributed by atoms with van der Waals surface area (Å²) in [5.74, 6) is 0.205. The number of ether oxygens (including phenoxy) is 2. The number of carbonyl (C=O) groups excluding carboxylic acids is 1. The van der Waals surface area contributed by atoms with Gasteiger partial charge in [-0.25, -0.2) is 8.42 Å². The number of likely N-dealkylation sites (N-methyl/N-ethyl adjacent to an activating group) is 1. The fourth-order valence-corrected chi connectivity index (χ4v) is 6.47. The molecule has 0 unspecified atom stereocenters. The third-order valence-electron chi connectivity index (χ3n) is 7.62. The number of aliphatic hydroxyl groups is 1. The lowest BCUT2D eigenvalue weighted by Crippen LogP contribution is -2.48. The maximum absolute atomic E-state index is 14.1. The molecule has 11 nitrogen and oxygen atoms in total. The van der Waals surface area contributed by atoms with E-state index in [2.05, 4.69) is 5.16 Å². The van der Waals surface area contributed by atoms with Crippen molar-refractivity contribution in [3.8, 4) is 5.75 Å². The summed E-state index contributed by atoms with van der Waals surface area (Å²) in [6.45, 7) is 9.40. The van der Waals surface area contributed by atoms with E-state index in [1.807, 2.05) is 51.0 Å². The molecule has 1 aromatic heterocycles. The standard InChI is InChI=1S/C29H46N4O7S/c1-19-16-33(20(2)18-34)29(35)25-15-24(31(6)7)12-13-26(25)39-21(3)11-9-10-14-38-27(19)17-32(8)41(36,37)28-22(4)30-40-23(28)5/h12-13,15,19-21,27,34H,9-11,14,16-18H2,1-8H3/t19-,20+,21+,27+/m0/s1. The van der Waals surface area contributed by atoms with E-state index in [4.69, 9.17) is 14.0 Å². The largest absolute Gasteiger partial charge is 0.490 e. The highest BCUT2D eigenvalue weighted by molar-refractivity contribution is 7.89. The molecule has 0 fully saturated rings. The highest BCUT2D eigenvalue weighted by Crippen LogP contribution is 2.30. The Morgan fingerprint density at radius 1 is 1.17 bits per heavy atom. The Bertz CT molecular complexity index is 1260. The Balaban J connectivity index is 1.98. The first-order chi connectivity index (χ1) is 19.3. The van der Waals surface area contributed by atoms with Gasteiger partial charge in [0.05, 0.1) is 30.4 Å². The van der Waals surface area contributed by atoms with Crippen LogP contribution in [-0.2, 0) is 14.8 Å². The van der Waals surface area contributed by atoms with E-state index in [0.717, 1.165) is 24.9 Å². The van der Waals surface area contributed by atoms with E-state index in [-0.39, 0.29) is 48.3 Å². The number of benzene rings is 1. The summed E-state index contributed by atoms with van der Waals surface area (Å²) in [5, 5.41) is 13.9. The van der Waals surface area contributed by atoms with Crippen molar-refractivity contribution in [1.82, 2.24) is 14.4 Å². The summed E-state index contributed by atoms with van der Waals surface area (Å²) in [7, 11) is 1.44. The third kappa shape index (κ3) is 7.79. The summed E-state index contributed by atoms with van der Waals surface area (Å²) in [6, 6.07) is 5.08. The molecule has 0 bridgehead atoms. The summed E-state index contributed by atoms with van der Waals surface area (Å²) in [4.78, 5) is 17.7. The van der Waals surface area contributed by atoms with E-state index in [9.17, 15) is 18.3 Å². The Kier molecular flexibility index (Phi) is 11.2. The zero-order valence-electron chi connectivity index (χ0n) is 25.6. The minimum absolute atomic E-state index is 0.0570. The number of aryl methyl sites for hydroxylation is 2. The lowest BCUT2D eigenvalue weighted by molar-refractivity contribution is -0.00835. The predicted molar refractivity (Wildman–Crippen MR) is 157 cm³/mol. The summed E-state index contributed by atoms with van der Waals surface area (Å²) in [5.41, 5.74) is 1.57. The Labute approximate surface area is 244 Å². The Hall–Kier alpha value is -2.67. The Morgan fingerprint density at radius 2 is 1.88 bits per heavy atom. The summed E-state index contributed by atoms with van der Waals surface area (Å²) >= 11 is 0. The number of sulfonamides is 1. The molecule has 12 heteroatoms. The normalized spacial score (nSPS) is 22.1. The summed E-state index contributed by atoms with van der Waals surface area (Å²) in [6.07, 6.45) is 1.76. The number of anilines is 1. The van der Waals surface area contributed by atoms with Crippen LogP contribution in [-0.4, -0.2) is 99.5 Å². The number of hydrogen-bond donors (Lipinski definition) is 1. The molecule has 2 aromatic rings. The van der Waals surface area contributed by atoms with E-state index in [0.29, 0.717) is 23.6 Å². The van der Waals surface area contributed by atoms with Gasteiger partial charge in [0, 0.05) is 52.4 Å². The zero-order chi connectivity index (χ0) is 30.5. The van der Waals surface area contributed by atoms with Gasteiger partial charge in [0.1, 0.15) is 16.3 Å². The lowest BCUT2D eigenvalue weighted by Gasteiger charge is -2.35. The number of fused-ring (bicyclic) bond motifs is 1. The molecule has 3 rings (SSSR count). The van der Waals surface area contributed by atoms with Crippen LogP contribution in [0.2, 0.25) is 0 Å². The van der Waals surface area contributed by atoms with Crippen LogP contribution in [0.5, 0.6) is 5.75 Å². The van der Waals surface area contributed by atoms with Crippen LogP contribution in [0.1, 0.15) is 61.8 Å². The molecule has 0 aliphatic carbocycles. The number of aliphatic hydroxyl groups excluding tert-OH is 1. The molecule has 0 spiro atoms. The van der Waals surface area contributed by atoms with E-state index >= 15 is 0 Å². The quantitative estimate of drug-likeness (QED) is 0.513. The number of hydrogen-bond acceptors (Lipinski definition) is 9. The molecule has 0 saturated carbocycles. The number of rotatable bonds is 7. The van der Waals surface area contributed by atoms with Crippen LogP contribution in [0.15, 0.2) is 27.6 Å². The lowest BCUT2D eigenvalue weighted by atomic mass is 10.0. The molecule has 0 saturated heterocycles. The maximum Gasteiger partial charge on any atom is 0.258 e. The van der Waals surface area contributed by atoms with Crippen molar-refractivity contribution in [2.45, 2.75) is 77.0 Å². The number of aromatic nitrogens is 1. The SMILES string of the molecule is Cc1noc(C)c1S(=O)(=O)N(C)C[C@H]1OCCCC[C@@H](C)Oc2ccc(N(C)C)cc2C(=O)N([C@H](C)CO)C[C@@H]1C. The van der Waals surface area contributed by atoms with Crippen LogP contribution < -0.4 is 9.64 Å². The fourth-order valence-electron chi connectivity index (χ4n) is 5.00. The second-order valence-corrected chi connectivity index (χ2v) is 13.3. The minimum Gasteiger partial charge on any atom is -0.490 e. The number of carbonyl (C=O) groups is 1. The highest BCUT2D eigenvalue weighted by Gasteiger charge is 2.34. The molecule has 1 amide bonds. The van der Waals surface area contributed by atoms with E-state index in [1.54, 1.807) is 25.7 Å². The van der Waals surface area contributed by atoms with Crippen LogP contribution >= 0.6 is 0 Å². The predicted octanol–water partition coefficient (Wildman–Crippen LogP) is 3.47. The van der Waals surface area contributed by atoms with Crippen molar-refractivity contribution in [2.24, 2.45) is 5.92 Å². The molecule has 1 aliphatic rings. The molecule has 4 atom stereocenters. The van der Waals surface area contributed by atoms with Crippen molar-refractivity contribution >= 4 is 21.6 Å². The van der Waals surface area contributed by atoms with Crippen molar-refractivity contribution in [3.63, 3.8) is 0 Å². The second-order valence-electron chi connectivity index (χ2n) is 11.3. The zero-order valence-corrected chi connectivity index (χ0v) is 26.4. The van der Waals surface area contributed by atoms with Crippen LogP contribution in [0, 0.1) is 19.8 Å². The van der Waals surface area contributed by atoms with Crippen molar-refractivity contribution < 1.29 is 32.3 Å². The molecule has 1 aliphatic heterocycles. The molecule has 41 heavy (non-hydrogen) atoms. The van der Waals surface area contributed by atoms with Crippen molar-refractivity contribution in [1.29, 1.82) is 0 Å². The minimum atomic E-state index is -3.89. The third-order valence-corrected chi connectivity index (χ3v) is 9.69. The molecule has 1 N–H and O–H groups in total. The topological polar surface area (TPSA) is 126 Å². The van der Waals surface area contributed by atoms with Crippen molar-refractivity contribution in [2.75, 3.05) is 52.3 Å². The van der Waals surface area contributed by atoms with Crippen LogP contribution in [0.25, 0.3) is 0 Å². The van der Waals surface area contributed by atoms with E-state index in [1.165, 1.54) is 11.4 Å². The fraction of sp³-hybridized carbons (Fsp3) is 0.655. The molecule has 1 aromatic carbocycles. The van der Waals surface area contributed by atoms with Gasteiger partial charge in [0.25, 0.3) is 5.91 Å². The van der Waals surface area contributed by atoms with Crippen molar-refractivity contribution in [3.05, 3.63) is 35.2 Å². The van der Waals surface area contributed by atoms with Gasteiger partial charge in [0.15, 0.2) is 5.76 Å². The van der Waals surface area contributed by atoms with Gasteiger partial charge in [-0.2, -0.15) is 4.31 Å². The smallest absolute Gasteiger partial charge is 0.258 e. The number of amides is 1. The monoisotopic (exact) mass is 594 g/mol. The number of nitrogens with zero attached hydrogens (tertiary/aromatic N) is 4. The van der Waals surface area contributed by atoms with Gasteiger partial charge in [-0.15, -0.1) is 0 Å². The van der Waals surface area contributed by atoms with Gasteiger partial charge in [-0.05, 0) is 65.2 Å². The van der Waals surface area contributed by atoms with Gasteiger partial charge in [0.2, 0.25) is 10.0 Å². The molecular formula is C29H46N4O7S. The summed E-state index contributed by atoms with van der Waals surface area (Å²) < 4.78 is 45.8. The molecular weight excluding hydrogens is 548 g/mol. The average Bonchev–Trinajstić information content (AvgIpc) is 3.27. The maximum atomic E-state index is 14.1. The van der Waals surface area contributed by atoms with Gasteiger partial charge >= 0.3 is 0 Å². The first kappa shape index (κ1) is 32.8.